The Bertz CT molecular complexity index is 1150. The van der Waals surface area contributed by atoms with E-state index in [-0.39, 0.29) is 5.91 Å². The van der Waals surface area contributed by atoms with E-state index in [1.165, 1.54) is 11.3 Å². The standard InChI is InChI=1S/C24H23N3O3S/c1-27(14-8-11-18-15-20(26-30-18)17-9-4-3-5-10-17)24(28)21-16-31-23(25-21)19-12-6-7-13-22(19)29-2/h3-7,9-10,12-13,15-16H,8,11,14H2,1-2H3. The normalized spacial score (nSPS) is 10.8. The molecule has 0 saturated carbocycles. The summed E-state index contributed by atoms with van der Waals surface area (Å²) in [6, 6.07) is 19.5. The molecule has 0 saturated heterocycles. The van der Waals surface area contributed by atoms with Crippen LogP contribution < -0.4 is 4.74 Å². The number of hydrogen-bond donors (Lipinski definition) is 0. The van der Waals surface area contributed by atoms with Gasteiger partial charge in [-0.1, -0.05) is 47.6 Å². The fourth-order valence-corrected chi connectivity index (χ4v) is 4.10. The number of nitrogens with zero attached hydrogens (tertiary/aromatic N) is 3. The van der Waals surface area contributed by atoms with Crippen LogP contribution in [0.25, 0.3) is 21.8 Å². The van der Waals surface area contributed by atoms with E-state index >= 15 is 0 Å². The third-order valence-electron chi connectivity index (χ3n) is 4.95. The highest BCUT2D eigenvalue weighted by Crippen LogP contribution is 2.32. The Balaban J connectivity index is 1.33. The van der Waals surface area contributed by atoms with E-state index in [9.17, 15) is 4.79 Å². The van der Waals surface area contributed by atoms with Crippen LogP contribution in [-0.2, 0) is 6.42 Å². The molecule has 158 valence electrons. The van der Waals surface area contributed by atoms with Crippen molar-refractivity contribution in [2.75, 3.05) is 20.7 Å². The van der Waals surface area contributed by atoms with E-state index < -0.39 is 0 Å². The van der Waals surface area contributed by atoms with Crippen molar-refractivity contribution >= 4 is 17.2 Å². The quantitative estimate of drug-likeness (QED) is 0.383. The van der Waals surface area contributed by atoms with Crippen LogP contribution in [0.4, 0.5) is 0 Å². The molecule has 31 heavy (non-hydrogen) atoms. The van der Waals surface area contributed by atoms with Gasteiger partial charge < -0.3 is 14.2 Å². The number of thiazole rings is 1. The molecule has 0 bridgehead atoms. The van der Waals surface area contributed by atoms with Gasteiger partial charge in [-0.3, -0.25) is 4.79 Å². The lowest BCUT2D eigenvalue weighted by Crippen LogP contribution is -2.28. The number of carbonyl (C=O) groups excluding carboxylic acids is 1. The van der Waals surface area contributed by atoms with Crippen LogP contribution in [0.15, 0.2) is 70.6 Å². The fraction of sp³-hybridized carbons (Fsp3) is 0.208. The summed E-state index contributed by atoms with van der Waals surface area (Å²) in [5, 5.41) is 6.70. The van der Waals surface area contributed by atoms with Crippen LogP contribution in [0.1, 0.15) is 22.7 Å². The molecule has 0 atom stereocenters. The minimum atomic E-state index is -0.0973. The molecule has 0 aliphatic carbocycles. The highest BCUT2D eigenvalue weighted by atomic mass is 32.1. The smallest absolute Gasteiger partial charge is 0.273 e. The maximum atomic E-state index is 12.8. The van der Waals surface area contributed by atoms with Crippen LogP contribution in [0.3, 0.4) is 0 Å². The predicted molar refractivity (Wildman–Crippen MR) is 121 cm³/mol. The minimum absolute atomic E-state index is 0.0973. The maximum absolute atomic E-state index is 12.8. The Hall–Kier alpha value is -3.45. The number of methoxy groups -OCH3 is 1. The van der Waals surface area contributed by atoms with Gasteiger partial charge in [0.1, 0.15) is 27.9 Å². The van der Waals surface area contributed by atoms with Crippen LogP contribution in [0, 0.1) is 0 Å². The average Bonchev–Trinajstić information content (AvgIpc) is 3.49. The lowest BCUT2D eigenvalue weighted by Gasteiger charge is -2.15. The molecule has 2 aromatic heterocycles. The van der Waals surface area contributed by atoms with E-state index in [0.29, 0.717) is 18.7 Å². The Morgan fingerprint density at radius 2 is 1.90 bits per heavy atom. The van der Waals surface area contributed by atoms with Gasteiger partial charge in [0.2, 0.25) is 0 Å². The van der Waals surface area contributed by atoms with Crippen molar-refractivity contribution in [3.63, 3.8) is 0 Å². The molecular formula is C24H23N3O3S. The number of carbonyl (C=O) groups is 1. The first-order valence-corrected chi connectivity index (χ1v) is 10.9. The Morgan fingerprint density at radius 3 is 2.71 bits per heavy atom. The van der Waals surface area contributed by atoms with E-state index in [1.54, 1.807) is 24.4 Å². The molecule has 0 spiro atoms. The van der Waals surface area contributed by atoms with Crippen LogP contribution in [-0.4, -0.2) is 41.6 Å². The monoisotopic (exact) mass is 433 g/mol. The summed E-state index contributed by atoms with van der Waals surface area (Å²) in [6.45, 7) is 0.599. The van der Waals surface area contributed by atoms with Gasteiger partial charge >= 0.3 is 0 Å². The molecule has 4 aromatic rings. The molecule has 7 heteroatoms. The number of aryl methyl sites for hydroxylation is 1. The molecule has 0 aliphatic rings. The molecule has 0 N–H and O–H groups in total. The molecule has 2 aromatic carbocycles. The van der Waals surface area contributed by atoms with Gasteiger partial charge in [0, 0.05) is 37.0 Å². The number of hydrogen-bond acceptors (Lipinski definition) is 6. The molecule has 6 nitrogen and oxygen atoms in total. The zero-order chi connectivity index (χ0) is 21.6. The molecule has 0 aliphatic heterocycles. The first kappa shape index (κ1) is 20.8. The van der Waals surface area contributed by atoms with Crippen molar-refractivity contribution in [2.45, 2.75) is 12.8 Å². The first-order chi connectivity index (χ1) is 15.2. The Morgan fingerprint density at radius 1 is 1.13 bits per heavy atom. The van der Waals surface area contributed by atoms with Crippen molar-refractivity contribution in [3.8, 4) is 27.6 Å². The van der Waals surface area contributed by atoms with Crippen molar-refractivity contribution in [1.29, 1.82) is 0 Å². The van der Waals surface area contributed by atoms with Crippen molar-refractivity contribution in [2.24, 2.45) is 0 Å². The van der Waals surface area contributed by atoms with Crippen molar-refractivity contribution in [3.05, 3.63) is 77.5 Å². The molecule has 0 fully saturated rings. The van der Waals surface area contributed by atoms with Crippen LogP contribution in [0.5, 0.6) is 5.75 Å². The largest absolute Gasteiger partial charge is 0.496 e. The van der Waals surface area contributed by atoms with Crippen LogP contribution in [0.2, 0.25) is 0 Å². The number of ether oxygens (including phenoxy) is 1. The minimum Gasteiger partial charge on any atom is -0.496 e. The lowest BCUT2D eigenvalue weighted by atomic mass is 10.1. The highest BCUT2D eigenvalue weighted by molar-refractivity contribution is 7.13. The zero-order valence-corrected chi connectivity index (χ0v) is 18.3. The molecule has 4 rings (SSSR count). The van der Waals surface area contributed by atoms with Gasteiger partial charge in [0.15, 0.2) is 0 Å². The van der Waals surface area contributed by atoms with Gasteiger partial charge in [0.05, 0.1) is 12.7 Å². The average molecular weight is 434 g/mol. The highest BCUT2D eigenvalue weighted by Gasteiger charge is 2.17. The summed E-state index contributed by atoms with van der Waals surface area (Å²) in [7, 11) is 3.42. The van der Waals surface area contributed by atoms with Gasteiger partial charge in [-0.05, 0) is 18.6 Å². The Kier molecular flexibility index (Phi) is 6.43. The SMILES string of the molecule is COc1ccccc1-c1nc(C(=O)N(C)CCCc2cc(-c3ccccc3)no2)cs1. The molecule has 1 amide bonds. The van der Waals surface area contributed by atoms with Gasteiger partial charge in [-0.15, -0.1) is 11.3 Å². The number of aromatic nitrogens is 2. The maximum Gasteiger partial charge on any atom is 0.273 e. The van der Waals surface area contributed by atoms with Crippen molar-refractivity contribution in [1.82, 2.24) is 15.0 Å². The second-order valence-corrected chi connectivity index (χ2v) is 7.97. The lowest BCUT2D eigenvalue weighted by molar-refractivity contribution is 0.0788. The summed E-state index contributed by atoms with van der Waals surface area (Å²) in [6.07, 6.45) is 1.48. The summed E-state index contributed by atoms with van der Waals surface area (Å²) in [5.74, 6) is 1.46. The van der Waals surface area contributed by atoms with Gasteiger partial charge in [-0.25, -0.2) is 4.98 Å². The van der Waals surface area contributed by atoms with E-state index in [0.717, 1.165) is 39.8 Å². The van der Waals surface area contributed by atoms with E-state index in [4.69, 9.17) is 9.26 Å². The molecule has 2 heterocycles. The fourth-order valence-electron chi connectivity index (χ4n) is 3.28. The zero-order valence-electron chi connectivity index (χ0n) is 17.4. The molecule has 0 radical (unpaired) electrons. The van der Waals surface area contributed by atoms with Crippen LogP contribution >= 0.6 is 11.3 Å². The van der Waals surface area contributed by atoms with Crippen molar-refractivity contribution < 1.29 is 14.1 Å². The number of amides is 1. The van der Waals surface area contributed by atoms with Gasteiger partial charge in [0.25, 0.3) is 5.91 Å². The van der Waals surface area contributed by atoms with Gasteiger partial charge in [-0.2, -0.15) is 0 Å². The number of para-hydroxylation sites is 1. The second-order valence-electron chi connectivity index (χ2n) is 7.11. The van der Waals surface area contributed by atoms with E-state index in [1.807, 2.05) is 60.7 Å². The Labute approximate surface area is 185 Å². The summed E-state index contributed by atoms with van der Waals surface area (Å²) in [4.78, 5) is 19.0. The third kappa shape index (κ3) is 4.83. The summed E-state index contributed by atoms with van der Waals surface area (Å²) >= 11 is 1.44. The second kappa shape index (κ2) is 9.57. The summed E-state index contributed by atoms with van der Waals surface area (Å²) < 4.78 is 10.8. The number of rotatable bonds is 8. The summed E-state index contributed by atoms with van der Waals surface area (Å²) in [5.41, 5.74) is 3.18. The predicted octanol–water partition coefficient (Wildman–Crippen LogP) is 5.18. The molecular weight excluding hydrogens is 410 g/mol. The first-order valence-electron chi connectivity index (χ1n) is 10.0. The topological polar surface area (TPSA) is 68.5 Å². The third-order valence-corrected chi connectivity index (χ3v) is 5.83. The number of benzene rings is 2. The molecule has 0 unspecified atom stereocenters. The van der Waals surface area contributed by atoms with E-state index in [2.05, 4.69) is 10.1 Å².